The summed E-state index contributed by atoms with van der Waals surface area (Å²) in [4.78, 5) is 89.2. The number of aromatic nitrogens is 4. The minimum absolute atomic E-state index is 0.0882. The quantitative estimate of drug-likeness (QED) is 0.0466. The third kappa shape index (κ3) is 12.0. The van der Waals surface area contributed by atoms with Crippen LogP contribution < -0.4 is 31.9 Å². The number of hydrogen-bond acceptors (Lipinski definition) is 10. The SMILES string of the molecule is C=CC(=O)Nc1ccc(C(=O)Nc2c3c(nn2C)C(C)(C/C=C/C(=O)Nc2cccc(C(=O)Nc4nn(C)c5c4CN(C(=O)N[C@H](CN(C)C)c4ccccc4)C5(C)C)c2)N(C(=O)N[C@H](CN(C)C)c2ccccc2)C3)cc1. The van der Waals surface area contributed by atoms with Crippen LogP contribution in [-0.2, 0) is 47.9 Å². The Balaban J connectivity index is 0.971. The zero-order valence-electron chi connectivity index (χ0n) is 45.5. The van der Waals surface area contributed by atoms with Gasteiger partial charge >= 0.3 is 12.1 Å². The maximum atomic E-state index is 14.6. The molecule has 2 aliphatic heterocycles. The number of carbonyl (C=O) groups excluding carboxylic acids is 6. The van der Waals surface area contributed by atoms with Crippen molar-refractivity contribution in [3.63, 3.8) is 0 Å². The summed E-state index contributed by atoms with van der Waals surface area (Å²) in [6.07, 6.45) is 4.36. The zero-order chi connectivity index (χ0) is 56.1. The highest BCUT2D eigenvalue weighted by Crippen LogP contribution is 2.45. The molecular formula is C58H68N14O6. The molecule has 20 heteroatoms. The molecule has 0 saturated carbocycles. The van der Waals surface area contributed by atoms with E-state index in [4.69, 9.17) is 5.10 Å². The zero-order valence-corrected chi connectivity index (χ0v) is 45.5. The van der Waals surface area contributed by atoms with Crippen LogP contribution in [0, 0.1) is 0 Å². The average molecular weight is 1060 g/mol. The normalized spacial score (nSPS) is 16.1. The predicted molar refractivity (Wildman–Crippen MR) is 300 cm³/mol. The van der Waals surface area contributed by atoms with Crippen molar-refractivity contribution in [1.29, 1.82) is 0 Å². The van der Waals surface area contributed by atoms with Crippen LogP contribution in [0.3, 0.4) is 0 Å². The molecule has 0 saturated heterocycles. The number of hydrogen-bond donors (Lipinski definition) is 6. The van der Waals surface area contributed by atoms with Crippen molar-refractivity contribution in [2.45, 2.75) is 63.4 Å². The maximum Gasteiger partial charge on any atom is 0.319 e. The summed E-state index contributed by atoms with van der Waals surface area (Å²) in [6.45, 7) is 10.7. The Morgan fingerprint density at radius 3 is 1.78 bits per heavy atom. The third-order valence-electron chi connectivity index (χ3n) is 14.1. The van der Waals surface area contributed by atoms with Gasteiger partial charge in [0.1, 0.15) is 5.82 Å². The van der Waals surface area contributed by atoms with Crippen LogP contribution in [0.1, 0.15) is 93.6 Å². The third-order valence-corrected chi connectivity index (χ3v) is 14.1. The second-order valence-corrected chi connectivity index (χ2v) is 20.8. The molecule has 0 bridgehead atoms. The molecule has 78 heavy (non-hydrogen) atoms. The van der Waals surface area contributed by atoms with Crippen LogP contribution in [0.25, 0.3) is 0 Å². The van der Waals surface area contributed by atoms with Crippen LogP contribution in [0.15, 0.2) is 134 Å². The first-order chi connectivity index (χ1) is 37.2. The Labute approximate surface area is 454 Å². The van der Waals surface area contributed by atoms with E-state index in [0.29, 0.717) is 52.9 Å². The summed E-state index contributed by atoms with van der Waals surface area (Å²) >= 11 is 0. The number of nitrogens with zero attached hydrogens (tertiary/aromatic N) is 8. The van der Waals surface area contributed by atoms with Crippen molar-refractivity contribution >= 4 is 58.7 Å². The molecule has 2 aromatic heterocycles. The van der Waals surface area contributed by atoms with Gasteiger partial charge in [0, 0.05) is 60.8 Å². The molecule has 8 amide bonds. The van der Waals surface area contributed by atoms with Gasteiger partial charge in [0.2, 0.25) is 11.8 Å². The number of urea groups is 2. The second-order valence-electron chi connectivity index (χ2n) is 20.8. The molecule has 4 aromatic carbocycles. The molecular weight excluding hydrogens is 989 g/mol. The van der Waals surface area contributed by atoms with Crippen LogP contribution in [0.4, 0.5) is 32.6 Å². The number of fused-ring (bicyclic) bond motifs is 2. The lowest BCUT2D eigenvalue weighted by Gasteiger charge is -2.36. The summed E-state index contributed by atoms with van der Waals surface area (Å²) < 4.78 is 3.26. The molecule has 0 aliphatic carbocycles. The first kappa shape index (κ1) is 55.4. The summed E-state index contributed by atoms with van der Waals surface area (Å²) in [5.41, 5.74) is 4.19. The summed E-state index contributed by atoms with van der Waals surface area (Å²) in [7, 11) is 11.3. The Morgan fingerprint density at radius 2 is 1.19 bits per heavy atom. The monoisotopic (exact) mass is 1060 g/mol. The van der Waals surface area contributed by atoms with Gasteiger partial charge in [0.15, 0.2) is 5.82 Å². The highest BCUT2D eigenvalue weighted by molar-refractivity contribution is 6.07. The molecule has 3 atom stereocenters. The van der Waals surface area contributed by atoms with E-state index in [0.717, 1.165) is 28.5 Å². The lowest BCUT2D eigenvalue weighted by molar-refractivity contribution is -0.112. The van der Waals surface area contributed by atoms with E-state index >= 15 is 0 Å². The fourth-order valence-electron chi connectivity index (χ4n) is 10.3. The number of aryl methyl sites for hydroxylation is 2. The number of nitrogens with one attached hydrogen (secondary N) is 6. The van der Waals surface area contributed by atoms with Crippen molar-refractivity contribution in [1.82, 2.24) is 49.8 Å². The average Bonchev–Trinajstić information content (AvgIpc) is 4.22. The van der Waals surface area contributed by atoms with E-state index in [-0.39, 0.29) is 55.1 Å². The number of rotatable bonds is 18. The van der Waals surface area contributed by atoms with Crippen LogP contribution in [0.2, 0.25) is 0 Å². The maximum absolute atomic E-state index is 14.6. The molecule has 0 fully saturated rings. The molecule has 6 aromatic rings. The number of benzene rings is 4. The number of amides is 8. The van der Waals surface area contributed by atoms with Crippen molar-refractivity contribution in [3.8, 4) is 0 Å². The number of carbonyl (C=O) groups is 6. The Bertz CT molecular complexity index is 3260. The fraction of sp³-hybridized carbons (Fsp3) is 0.310. The summed E-state index contributed by atoms with van der Waals surface area (Å²) in [6, 6.07) is 31.2. The first-order valence-electron chi connectivity index (χ1n) is 25.6. The Hall–Kier alpha value is -8.88. The Morgan fingerprint density at radius 1 is 0.628 bits per heavy atom. The molecule has 2 aliphatic rings. The molecule has 4 heterocycles. The van der Waals surface area contributed by atoms with E-state index in [2.05, 4.69) is 43.6 Å². The van der Waals surface area contributed by atoms with E-state index < -0.39 is 28.8 Å². The molecule has 0 radical (unpaired) electrons. The predicted octanol–water partition coefficient (Wildman–Crippen LogP) is 7.47. The lowest BCUT2D eigenvalue weighted by atomic mass is 9.93. The van der Waals surface area contributed by atoms with E-state index in [1.807, 2.05) is 119 Å². The molecule has 1 unspecified atom stereocenters. The highest BCUT2D eigenvalue weighted by Gasteiger charge is 2.49. The Kier molecular flexibility index (Phi) is 16.4. The number of anilines is 4. The lowest BCUT2D eigenvalue weighted by Crippen LogP contribution is -2.49. The molecule has 20 nitrogen and oxygen atoms in total. The van der Waals surface area contributed by atoms with Crippen LogP contribution in [-0.4, -0.2) is 116 Å². The van der Waals surface area contributed by atoms with E-state index in [1.54, 1.807) is 87.9 Å². The minimum Gasteiger partial charge on any atom is -0.330 e. The van der Waals surface area contributed by atoms with E-state index in [1.165, 1.54) is 6.08 Å². The smallest absolute Gasteiger partial charge is 0.319 e. The van der Waals surface area contributed by atoms with Crippen molar-refractivity contribution in [2.75, 3.05) is 62.5 Å². The molecule has 0 spiro atoms. The van der Waals surface area contributed by atoms with Gasteiger partial charge in [0.05, 0.1) is 47.6 Å². The van der Waals surface area contributed by atoms with Crippen molar-refractivity contribution < 1.29 is 28.8 Å². The highest BCUT2D eigenvalue weighted by atomic mass is 16.2. The fourth-order valence-corrected chi connectivity index (χ4v) is 10.3. The van der Waals surface area contributed by atoms with Gasteiger partial charge in [-0.05, 0) is 121 Å². The van der Waals surface area contributed by atoms with Gasteiger partial charge in [0.25, 0.3) is 11.8 Å². The van der Waals surface area contributed by atoms with E-state index in [9.17, 15) is 28.8 Å². The topological polar surface area (TPSA) is 223 Å². The minimum atomic E-state index is -1.10. The van der Waals surface area contributed by atoms with Gasteiger partial charge in [-0.25, -0.2) is 9.59 Å². The van der Waals surface area contributed by atoms with Gasteiger partial charge in [-0.1, -0.05) is 79.4 Å². The van der Waals surface area contributed by atoms with Crippen LogP contribution in [0.5, 0.6) is 0 Å². The largest absolute Gasteiger partial charge is 0.330 e. The standard InChI is InChI=1S/C58H68N14O6/c1-11-47(73)59-41-29-27-39(28-30-41)53(75)64-52-43-33-72(56(78)62-46(36-68(7)8)38-22-16-13-17-23-38)58(4,49(43)65-70(52)10)31-19-26-48(74)60-42-25-18-24-40(32-42)54(76)63-51-44-34-71(57(2,3)50(44)69(9)66-51)55(77)61-45(35-67(5)6)37-20-14-12-15-21-37/h11-30,32,45-46H,1,31,33-36H2,2-10H3,(H,59,73)(H,60,74)(H,61,77)(H,62,78)(H,64,75)(H,63,66,76)/b26-19+/t45-,46-,58?/m1/s1. The summed E-state index contributed by atoms with van der Waals surface area (Å²) in [5.74, 6) is -1.02. The van der Waals surface area contributed by atoms with Gasteiger partial charge in [-0.3, -0.25) is 28.5 Å². The van der Waals surface area contributed by atoms with Gasteiger partial charge in [-0.2, -0.15) is 10.2 Å². The summed E-state index contributed by atoms with van der Waals surface area (Å²) in [5, 5.41) is 27.5. The van der Waals surface area contributed by atoms with Gasteiger partial charge in [-0.15, -0.1) is 0 Å². The van der Waals surface area contributed by atoms with Crippen molar-refractivity contribution in [3.05, 3.63) is 179 Å². The van der Waals surface area contributed by atoms with Crippen molar-refractivity contribution in [2.24, 2.45) is 14.1 Å². The first-order valence-corrected chi connectivity index (χ1v) is 25.6. The second kappa shape index (κ2) is 23.2. The van der Waals surface area contributed by atoms with Crippen LogP contribution >= 0.6 is 0 Å². The molecule has 6 N–H and O–H groups in total. The molecule has 406 valence electrons. The number of likely N-dealkylation sites (N-methyl/N-ethyl adjacent to an activating group) is 2. The van der Waals surface area contributed by atoms with Gasteiger partial charge < -0.3 is 51.5 Å². The molecule has 8 rings (SSSR count).